The summed E-state index contributed by atoms with van der Waals surface area (Å²) in [5, 5.41) is 8.15. The van der Waals surface area contributed by atoms with Gasteiger partial charge in [0.05, 0.1) is 5.69 Å². The zero-order valence-corrected chi connectivity index (χ0v) is 14.6. The third-order valence-electron chi connectivity index (χ3n) is 3.61. The Kier molecular flexibility index (Phi) is 6.00. The largest absolute Gasteiger partial charge is 0.316 e. The maximum absolute atomic E-state index is 4.68. The first-order valence-corrected chi connectivity index (χ1v) is 8.39. The predicted molar refractivity (Wildman–Crippen MR) is 91.7 cm³/mol. The Balaban J connectivity index is 2.15. The van der Waals surface area contributed by atoms with Crippen LogP contribution in [0.15, 0.2) is 41.0 Å². The fraction of sp³-hybridized carbons (Fsp3) is 0.471. The van der Waals surface area contributed by atoms with E-state index in [1.54, 1.807) is 0 Å². The van der Waals surface area contributed by atoms with Gasteiger partial charge in [-0.3, -0.25) is 4.68 Å². The van der Waals surface area contributed by atoms with Gasteiger partial charge in [0.1, 0.15) is 0 Å². The summed E-state index contributed by atoms with van der Waals surface area (Å²) in [5.74, 6) is 0.443. The van der Waals surface area contributed by atoms with E-state index in [0.29, 0.717) is 12.0 Å². The molecule has 21 heavy (non-hydrogen) atoms. The van der Waals surface area contributed by atoms with Crippen molar-refractivity contribution < 1.29 is 0 Å². The first-order valence-electron chi connectivity index (χ1n) is 7.60. The van der Waals surface area contributed by atoms with Gasteiger partial charge >= 0.3 is 0 Å². The Morgan fingerprint density at radius 1 is 1.29 bits per heavy atom. The Morgan fingerprint density at radius 2 is 2.10 bits per heavy atom. The van der Waals surface area contributed by atoms with E-state index in [9.17, 15) is 0 Å². The molecule has 3 nitrogen and oxygen atoms in total. The molecule has 1 aromatic carbocycles. The third-order valence-corrected chi connectivity index (χ3v) is 4.10. The molecule has 0 saturated heterocycles. The topological polar surface area (TPSA) is 29.9 Å². The fourth-order valence-corrected chi connectivity index (χ4v) is 2.83. The van der Waals surface area contributed by atoms with Crippen LogP contribution in [0.1, 0.15) is 44.0 Å². The molecule has 1 heterocycles. The Bertz CT molecular complexity index is 563. The van der Waals surface area contributed by atoms with E-state index < -0.39 is 0 Å². The van der Waals surface area contributed by atoms with Crippen LogP contribution in [0.2, 0.25) is 0 Å². The Hall–Kier alpha value is -1.13. The van der Waals surface area contributed by atoms with Gasteiger partial charge in [-0.05, 0) is 50.6 Å². The molecule has 0 fully saturated rings. The van der Waals surface area contributed by atoms with E-state index in [0.717, 1.165) is 29.7 Å². The molecule has 0 radical (unpaired) electrons. The van der Waals surface area contributed by atoms with Gasteiger partial charge in [0, 0.05) is 29.2 Å². The number of aromatic nitrogens is 2. The molecule has 1 aromatic heterocycles. The van der Waals surface area contributed by atoms with Gasteiger partial charge in [-0.25, -0.2) is 0 Å². The van der Waals surface area contributed by atoms with Crippen LogP contribution >= 0.6 is 15.9 Å². The molecule has 2 aromatic rings. The van der Waals surface area contributed by atoms with Gasteiger partial charge in [-0.1, -0.05) is 35.0 Å². The molecule has 0 aliphatic carbocycles. The first-order chi connectivity index (χ1) is 10.1. The highest BCUT2D eigenvalue weighted by Gasteiger charge is 2.14. The Labute approximate surface area is 135 Å². The molecule has 114 valence electrons. The lowest BCUT2D eigenvalue weighted by atomic mass is 9.94. The van der Waals surface area contributed by atoms with Crippen molar-refractivity contribution in [2.24, 2.45) is 0 Å². The van der Waals surface area contributed by atoms with Gasteiger partial charge in [0.25, 0.3) is 0 Å². The molecule has 0 bridgehead atoms. The molecule has 0 aliphatic heterocycles. The molecule has 4 heteroatoms. The van der Waals surface area contributed by atoms with Crippen LogP contribution in [-0.4, -0.2) is 22.9 Å². The second kappa shape index (κ2) is 7.76. The number of benzene rings is 1. The Morgan fingerprint density at radius 3 is 2.71 bits per heavy atom. The summed E-state index contributed by atoms with van der Waals surface area (Å²) < 4.78 is 3.16. The summed E-state index contributed by atoms with van der Waals surface area (Å²) in [6.07, 6.45) is 3.04. The quantitative estimate of drug-likeness (QED) is 0.813. The predicted octanol–water partition coefficient (Wildman–Crippen LogP) is 4.16. The van der Waals surface area contributed by atoms with Crippen molar-refractivity contribution in [2.75, 3.05) is 13.1 Å². The highest BCUT2D eigenvalue weighted by molar-refractivity contribution is 9.10. The number of nitrogens with one attached hydrogen (secondary N) is 1. The highest BCUT2D eigenvalue weighted by atomic mass is 79.9. The summed E-state index contributed by atoms with van der Waals surface area (Å²) in [6.45, 7) is 8.42. The first kappa shape index (κ1) is 16.2. The molecule has 1 atom stereocenters. The smallest absolute Gasteiger partial charge is 0.0631 e. The normalized spacial score (nSPS) is 12.8. The number of likely N-dealkylation sites (N-methyl/N-ethyl adjacent to an activating group) is 1. The van der Waals surface area contributed by atoms with Crippen LogP contribution in [0, 0.1) is 0 Å². The fourth-order valence-electron chi connectivity index (χ4n) is 2.41. The van der Waals surface area contributed by atoms with Gasteiger partial charge in [0.2, 0.25) is 0 Å². The molecule has 0 spiro atoms. The van der Waals surface area contributed by atoms with E-state index in [1.165, 1.54) is 5.56 Å². The second-order valence-electron chi connectivity index (χ2n) is 5.64. The van der Waals surface area contributed by atoms with E-state index in [4.69, 9.17) is 0 Å². The maximum Gasteiger partial charge on any atom is 0.0631 e. The summed E-state index contributed by atoms with van der Waals surface area (Å²) in [5.41, 5.74) is 2.51. The van der Waals surface area contributed by atoms with E-state index in [2.05, 4.69) is 83.6 Å². The monoisotopic (exact) mass is 349 g/mol. The van der Waals surface area contributed by atoms with Gasteiger partial charge in [-0.2, -0.15) is 5.10 Å². The average Bonchev–Trinajstić information content (AvgIpc) is 2.92. The zero-order valence-electron chi connectivity index (χ0n) is 13.0. The summed E-state index contributed by atoms with van der Waals surface area (Å²) in [7, 11) is 0. The van der Waals surface area contributed by atoms with Crippen molar-refractivity contribution >= 4 is 15.9 Å². The molecule has 1 N–H and O–H groups in total. The van der Waals surface area contributed by atoms with Crippen molar-refractivity contribution in [3.63, 3.8) is 0 Å². The molecule has 2 rings (SSSR count). The zero-order chi connectivity index (χ0) is 15.2. The van der Waals surface area contributed by atoms with Crippen LogP contribution in [-0.2, 0) is 6.42 Å². The van der Waals surface area contributed by atoms with Crippen molar-refractivity contribution in [3.8, 4) is 0 Å². The molecule has 0 amide bonds. The third kappa shape index (κ3) is 4.68. The second-order valence-corrected chi connectivity index (χ2v) is 6.56. The maximum atomic E-state index is 4.68. The summed E-state index contributed by atoms with van der Waals surface area (Å²) in [6, 6.07) is 11.1. The van der Waals surface area contributed by atoms with Crippen LogP contribution in [0.4, 0.5) is 0 Å². The highest BCUT2D eigenvalue weighted by Crippen LogP contribution is 2.23. The lowest BCUT2D eigenvalue weighted by Crippen LogP contribution is -2.23. The van der Waals surface area contributed by atoms with Gasteiger partial charge < -0.3 is 5.32 Å². The van der Waals surface area contributed by atoms with Crippen molar-refractivity contribution in [1.29, 1.82) is 0 Å². The van der Waals surface area contributed by atoms with E-state index in [1.807, 2.05) is 4.68 Å². The molecular formula is C17H24BrN3. The van der Waals surface area contributed by atoms with E-state index >= 15 is 0 Å². The van der Waals surface area contributed by atoms with Crippen LogP contribution < -0.4 is 5.32 Å². The lowest BCUT2D eigenvalue weighted by molar-refractivity contribution is 0.518. The standard InChI is InChI=1S/C17H24BrN3/c1-4-19-12-15(14-6-5-7-16(18)10-14)11-17-8-9-21(20-17)13(2)3/h5-10,13,15,19H,4,11-12H2,1-3H3. The molecule has 0 aliphatic rings. The average molecular weight is 350 g/mol. The number of hydrogen-bond donors (Lipinski definition) is 1. The lowest BCUT2D eigenvalue weighted by Gasteiger charge is -2.17. The molecular weight excluding hydrogens is 326 g/mol. The van der Waals surface area contributed by atoms with Crippen molar-refractivity contribution in [3.05, 3.63) is 52.3 Å². The van der Waals surface area contributed by atoms with Gasteiger partial charge in [0.15, 0.2) is 0 Å². The molecule has 1 unspecified atom stereocenters. The van der Waals surface area contributed by atoms with E-state index in [-0.39, 0.29) is 0 Å². The minimum Gasteiger partial charge on any atom is -0.316 e. The SMILES string of the molecule is CCNCC(Cc1ccn(C(C)C)n1)c1cccc(Br)c1. The number of hydrogen-bond acceptors (Lipinski definition) is 2. The summed E-state index contributed by atoms with van der Waals surface area (Å²) >= 11 is 3.57. The number of halogens is 1. The minimum absolute atomic E-state index is 0.414. The molecule has 0 saturated carbocycles. The van der Waals surface area contributed by atoms with Crippen LogP contribution in [0.3, 0.4) is 0 Å². The van der Waals surface area contributed by atoms with Crippen molar-refractivity contribution in [2.45, 2.75) is 39.2 Å². The van der Waals surface area contributed by atoms with Crippen LogP contribution in [0.5, 0.6) is 0 Å². The minimum atomic E-state index is 0.414. The van der Waals surface area contributed by atoms with Crippen molar-refractivity contribution in [1.82, 2.24) is 15.1 Å². The number of nitrogens with zero attached hydrogens (tertiary/aromatic N) is 2. The van der Waals surface area contributed by atoms with Gasteiger partial charge in [-0.15, -0.1) is 0 Å². The van der Waals surface area contributed by atoms with Crippen LogP contribution in [0.25, 0.3) is 0 Å². The number of rotatable bonds is 7. The summed E-state index contributed by atoms with van der Waals surface area (Å²) in [4.78, 5) is 0.